The van der Waals surface area contributed by atoms with Crippen molar-refractivity contribution in [3.63, 3.8) is 0 Å². The van der Waals surface area contributed by atoms with Crippen molar-refractivity contribution < 1.29 is 14.1 Å². The fourth-order valence-electron chi connectivity index (χ4n) is 1.72. The maximum absolute atomic E-state index is 13.6. The van der Waals surface area contributed by atoms with Gasteiger partial charge in [-0.1, -0.05) is 29.3 Å². The van der Waals surface area contributed by atoms with Crippen molar-refractivity contribution in [3.8, 4) is 0 Å². The van der Waals surface area contributed by atoms with Gasteiger partial charge in [-0.15, -0.1) is 0 Å². The molecule has 8 heteroatoms. The molecule has 0 saturated carbocycles. The molecule has 0 aromatic heterocycles. The molecule has 0 saturated heterocycles. The average Bonchev–Trinajstić information content (AvgIpc) is 2.48. The molecule has 0 fully saturated rings. The monoisotopic (exact) mass is 354 g/mol. The lowest BCUT2D eigenvalue weighted by Gasteiger charge is -2.05. The maximum atomic E-state index is 13.6. The number of amides is 1. The zero-order valence-corrected chi connectivity index (χ0v) is 12.9. The zero-order chi connectivity index (χ0) is 17.0. The second kappa shape index (κ2) is 7.21. The highest BCUT2D eigenvalue weighted by atomic mass is 35.5. The third-order valence-electron chi connectivity index (χ3n) is 2.82. The number of nitro groups is 1. The van der Waals surface area contributed by atoms with Crippen LogP contribution in [0.25, 0.3) is 6.08 Å². The molecule has 2 aromatic carbocycles. The van der Waals surface area contributed by atoms with Gasteiger partial charge in [0.15, 0.2) is 0 Å². The van der Waals surface area contributed by atoms with Crippen molar-refractivity contribution in [2.75, 3.05) is 5.32 Å². The van der Waals surface area contributed by atoms with Gasteiger partial charge in [-0.2, -0.15) is 0 Å². The summed E-state index contributed by atoms with van der Waals surface area (Å²) in [5.41, 5.74) is 0.0901. The number of hydrogen-bond acceptors (Lipinski definition) is 3. The van der Waals surface area contributed by atoms with Crippen LogP contribution in [-0.4, -0.2) is 10.8 Å². The maximum Gasteiger partial charge on any atom is 0.271 e. The average molecular weight is 355 g/mol. The summed E-state index contributed by atoms with van der Waals surface area (Å²) in [5, 5.41) is 13.2. The number of nitro benzene ring substituents is 1. The molecule has 1 N–H and O–H groups in total. The smallest absolute Gasteiger partial charge is 0.271 e. The van der Waals surface area contributed by atoms with Crippen molar-refractivity contribution in [1.82, 2.24) is 0 Å². The number of anilines is 1. The zero-order valence-electron chi connectivity index (χ0n) is 11.4. The number of carbonyl (C=O) groups excluding carboxylic acids is 1. The molecule has 23 heavy (non-hydrogen) atoms. The number of benzene rings is 2. The summed E-state index contributed by atoms with van der Waals surface area (Å²) in [6, 6.07) is 7.80. The summed E-state index contributed by atoms with van der Waals surface area (Å²) < 4.78 is 13.6. The highest BCUT2D eigenvalue weighted by molar-refractivity contribution is 6.34. The minimum atomic E-state index is -0.600. The van der Waals surface area contributed by atoms with Crippen molar-refractivity contribution in [2.24, 2.45) is 0 Å². The van der Waals surface area contributed by atoms with Crippen molar-refractivity contribution in [1.29, 1.82) is 0 Å². The van der Waals surface area contributed by atoms with Gasteiger partial charge < -0.3 is 5.32 Å². The molecule has 0 spiro atoms. The van der Waals surface area contributed by atoms with E-state index in [4.69, 9.17) is 23.2 Å². The normalized spacial score (nSPS) is 10.7. The van der Waals surface area contributed by atoms with Crippen LogP contribution in [0.4, 0.5) is 15.8 Å². The minimum Gasteiger partial charge on any atom is -0.321 e. The molecular weight excluding hydrogens is 346 g/mol. The predicted octanol–water partition coefficient (Wildman–Crippen LogP) is 4.69. The Bertz CT molecular complexity index is 789. The molecular formula is C15H9Cl2FN2O3. The van der Waals surface area contributed by atoms with E-state index in [1.807, 2.05) is 0 Å². The second-order valence-electron chi connectivity index (χ2n) is 4.38. The van der Waals surface area contributed by atoms with E-state index >= 15 is 0 Å². The SMILES string of the molecule is O=C(C=Cc1c(F)cccc1Cl)Nc1ccc([N+](=O)[O-])cc1Cl. The van der Waals surface area contributed by atoms with Gasteiger partial charge in [0.1, 0.15) is 5.82 Å². The van der Waals surface area contributed by atoms with Gasteiger partial charge in [0.2, 0.25) is 5.91 Å². The Kier molecular flexibility index (Phi) is 5.31. The van der Waals surface area contributed by atoms with Crippen LogP contribution < -0.4 is 5.32 Å². The van der Waals surface area contributed by atoms with Crippen LogP contribution in [-0.2, 0) is 4.79 Å². The van der Waals surface area contributed by atoms with E-state index < -0.39 is 16.6 Å². The van der Waals surface area contributed by atoms with Gasteiger partial charge in [0.25, 0.3) is 5.69 Å². The fourth-order valence-corrected chi connectivity index (χ4v) is 2.17. The van der Waals surface area contributed by atoms with E-state index in [0.29, 0.717) is 0 Å². The van der Waals surface area contributed by atoms with E-state index in [2.05, 4.69) is 5.32 Å². The molecule has 0 heterocycles. The summed E-state index contributed by atoms with van der Waals surface area (Å²) in [6.07, 6.45) is 2.31. The Morgan fingerprint density at radius 2 is 1.96 bits per heavy atom. The topological polar surface area (TPSA) is 72.2 Å². The fraction of sp³-hybridized carbons (Fsp3) is 0. The quantitative estimate of drug-likeness (QED) is 0.491. The van der Waals surface area contributed by atoms with Crippen LogP contribution in [0.15, 0.2) is 42.5 Å². The predicted molar refractivity (Wildman–Crippen MR) is 87.2 cm³/mol. The van der Waals surface area contributed by atoms with Gasteiger partial charge in [-0.25, -0.2) is 4.39 Å². The van der Waals surface area contributed by atoms with Gasteiger partial charge in [0, 0.05) is 23.8 Å². The van der Waals surface area contributed by atoms with Crippen LogP contribution in [0.2, 0.25) is 10.0 Å². The molecule has 0 atom stereocenters. The molecule has 2 aromatic rings. The van der Waals surface area contributed by atoms with Crippen LogP contribution in [0.3, 0.4) is 0 Å². The Morgan fingerprint density at radius 3 is 2.57 bits per heavy atom. The molecule has 0 aliphatic carbocycles. The van der Waals surface area contributed by atoms with Crippen LogP contribution >= 0.6 is 23.2 Å². The van der Waals surface area contributed by atoms with E-state index in [9.17, 15) is 19.3 Å². The molecule has 2 rings (SSSR count). The van der Waals surface area contributed by atoms with Crippen molar-refractivity contribution in [2.45, 2.75) is 0 Å². The Morgan fingerprint density at radius 1 is 1.22 bits per heavy atom. The Labute approximate surface area is 140 Å². The molecule has 118 valence electrons. The lowest BCUT2D eigenvalue weighted by molar-refractivity contribution is -0.384. The van der Waals surface area contributed by atoms with Gasteiger partial charge in [0.05, 0.1) is 20.7 Å². The summed E-state index contributed by atoms with van der Waals surface area (Å²) in [7, 11) is 0. The van der Waals surface area contributed by atoms with Crippen molar-refractivity contribution >= 4 is 46.6 Å². The number of nitrogens with one attached hydrogen (secondary N) is 1. The highest BCUT2D eigenvalue weighted by Crippen LogP contribution is 2.26. The van der Waals surface area contributed by atoms with E-state index in [-0.39, 0.29) is 27.0 Å². The van der Waals surface area contributed by atoms with Crippen LogP contribution in [0, 0.1) is 15.9 Å². The lowest BCUT2D eigenvalue weighted by Crippen LogP contribution is -2.08. The third kappa shape index (κ3) is 4.28. The van der Waals surface area contributed by atoms with Crippen LogP contribution in [0.1, 0.15) is 5.56 Å². The van der Waals surface area contributed by atoms with Crippen LogP contribution in [0.5, 0.6) is 0 Å². The first-order valence-electron chi connectivity index (χ1n) is 6.25. The number of rotatable bonds is 4. The summed E-state index contributed by atoms with van der Waals surface area (Å²) >= 11 is 11.7. The molecule has 0 bridgehead atoms. The first kappa shape index (κ1) is 16.9. The molecule has 0 radical (unpaired) electrons. The lowest BCUT2D eigenvalue weighted by atomic mass is 10.2. The van der Waals surface area contributed by atoms with Gasteiger partial charge in [-0.05, 0) is 24.3 Å². The molecule has 1 amide bonds. The number of carbonyl (C=O) groups is 1. The summed E-state index contributed by atoms with van der Waals surface area (Å²) in [4.78, 5) is 21.8. The minimum absolute atomic E-state index is 0.0184. The largest absolute Gasteiger partial charge is 0.321 e. The third-order valence-corrected chi connectivity index (χ3v) is 3.46. The molecule has 5 nitrogen and oxygen atoms in total. The first-order valence-corrected chi connectivity index (χ1v) is 7.01. The second-order valence-corrected chi connectivity index (χ2v) is 5.19. The van der Waals surface area contributed by atoms with Gasteiger partial charge >= 0.3 is 0 Å². The Hall–Kier alpha value is -2.44. The standard InChI is InChI=1S/C15H9Cl2FN2O3/c16-11-2-1-3-13(18)10(11)5-7-15(21)19-14-6-4-9(20(22)23)8-12(14)17/h1-8H,(H,19,21). The van der Waals surface area contributed by atoms with E-state index in [1.54, 1.807) is 0 Å². The summed E-state index contributed by atoms with van der Waals surface area (Å²) in [6.45, 7) is 0. The van der Waals surface area contributed by atoms with Crippen molar-refractivity contribution in [3.05, 3.63) is 74.0 Å². The first-order chi connectivity index (χ1) is 10.9. The van der Waals surface area contributed by atoms with Gasteiger partial charge in [-0.3, -0.25) is 14.9 Å². The Balaban J connectivity index is 2.14. The van der Waals surface area contributed by atoms with E-state index in [1.165, 1.54) is 36.4 Å². The number of halogens is 3. The number of hydrogen-bond donors (Lipinski definition) is 1. The number of non-ortho nitro benzene ring substituents is 1. The highest BCUT2D eigenvalue weighted by Gasteiger charge is 2.11. The summed E-state index contributed by atoms with van der Waals surface area (Å²) in [5.74, 6) is -1.14. The van der Waals surface area contributed by atoms with E-state index in [0.717, 1.165) is 12.1 Å². The molecule has 0 unspecified atom stereocenters. The molecule has 0 aliphatic rings. The number of nitrogens with zero attached hydrogens (tertiary/aromatic N) is 1. The molecule has 0 aliphatic heterocycles.